The fourth-order valence-electron chi connectivity index (χ4n) is 3.72. The number of methoxy groups -OCH3 is 1. The highest BCUT2D eigenvalue weighted by Gasteiger charge is 2.18. The van der Waals surface area contributed by atoms with Gasteiger partial charge in [-0.15, -0.1) is 0 Å². The van der Waals surface area contributed by atoms with Crippen molar-refractivity contribution in [2.45, 2.75) is 6.42 Å². The van der Waals surface area contributed by atoms with E-state index in [9.17, 15) is 9.59 Å². The smallest absolute Gasteiger partial charge is 0.419 e. The van der Waals surface area contributed by atoms with Crippen LogP contribution in [0.15, 0.2) is 51.7 Å². The molecule has 1 aromatic heterocycles. The molecule has 8 heteroatoms. The lowest BCUT2D eigenvalue weighted by molar-refractivity contribution is -0.116. The van der Waals surface area contributed by atoms with Crippen molar-refractivity contribution in [1.29, 1.82) is 0 Å². The molecular weight excluding hydrogens is 384 g/mol. The Labute approximate surface area is 174 Å². The molecule has 1 fully saturated rings. The molecule has 0 bridgehead atoms. The molecule has 2 aromatic carbocycles. The summed E-state index contributed by atoms with van der Waals surface area (Å²) in [4.78, 5) is 28.6. The van der Waals surface area contributed by atoms with Crippen molar-refractivity contribution in [3.63, 3.8) is 0 Å². The number of aromatic nitrogens is 1. The van der Waals surface area contributed by atoms with E-state index in [1.807, 2.05) is 12.1 Å². The van der Waals surface area contributed by atoms with Crippen molar-refractivity contribution in [3.05, 3.63) is 53.0 Å². The van der Waals surface area contributed by atoms with Crippen LogP contribution in [0.2, 0.25) is 0 Å². The summed E-state index contributed by atoms with van der Waals surface area (Å²) in [6, 6.07) is 13.3. The van der Waals surface area contributed by atoms with Crippen LogP contribution >= 0.6 is 0 Å². The van der Waals surface area contributed by atoms with Gasteiger partial charge in [0.15, 0.2) is 5.58 Å². The molecule has 1 aliphatic heterocycles. The minimum Gasteiger partial charge on any atom is -0.497 e. The number of rotatable bonds is 6. The lowest BCUT2D eigenvalue weighted by Gasteiger charge is -2.36. The molecular formula is C22H26N4O4. The van der Waals surface area contributed by atoms with Crippen LogP contribution in [0, 0.1) is 0 Å². The molecule has 0 spiro atoms. The van der Waals surface area contributed by atoms with E-state index in [0.717, 1.165) is 31.9 Å². The molecule has 1 saturated heterocycles. The van der Waals surface area contributed by atoms with E-state index in [-0.39, 0.29) is 5.91 Å². The van der Waals surface area contributed by atoms with Crippen LogP contribution in [0.25, 0.3) is 11.1 Å². The van der Waals surface area contributed by atoms with Gasteiger partial charge in [-0.05, 0) is 36.4 Å². The second-order valence-electron chi connectivity index (χ2n) is 7.43. The highest BCUT2D eigenvalue weighted by molar-refractivity contribution is 5.92. The number of nitrogens with one attached hydrogen (secondary N) is 1. The van der Waals surface area contributed by atoms with E-state index in [1.165, 1.54) is 10.3 Å². The average molecular weight is 410 g/mol. The molecule has 0 radical (unpaired) electrons. The minimum absolute atomic E-state index is 0.0507. The van der Waals surface area contributed by atoms with E-state index in [4.69, 9.17) is 9.15 Å². The number of aryl methyl sites for hydroxylation is 1. The number of carbonyl (C=O) groups excluding carboxylic acids is 1. The predicted molar refractivity (Wildman–Crippen MR) is 116 cm³/mol. The zero-order valence-corrected chi connectivity index (χ0v) is 17.3. The second kappa shape index (κ2) is 8.62. The molecule has 0 atom stereocenters. The maximum Gasteiger partial charge on any atom is 0.419 e. The van der Waals surface area contributed by atoms with Crippen LogP contribution in [0.4, 0.5) is 11.4 Å². The van der Waals surface area contributed by atoms with Gasteiger partial charge >= 0.3 is 5.76 Å². The van der Waals surface area contributed by atoms with Gasteiger partial charge in [-0.2, -0.15) is 0 Å². The Kier molecular flexibility index (Phi) is 5.76. The highest BCUT2D eigenvalue weighted by atomic mass is 16.5. The zero-order valence-electron chi connectivity index (χ0n) is 17.3. The number of hydrogen-bond donors (Lipinski definition) is 1. The number of hydrogen-bond acceptors (Lipinski definition) is 6. The van der Waals surface area contributed by atoms with E-state index in [1.54, 1.807) is 32.4 Å². The third-order valence-corrected chi connectivity index (χ3v) is 5.54. The molecule has 1 N–H and O–H groups in total. The monoisotopic (exact) mass is 410 g/mol. The molecule has 4 rings (SSSR count). The quantitative estimate of drug-likeness (QED) is 0.672. The van der Waals surface area contributed by atoms with E-state index < -0.39 is 5.76 Å². The fourth-order valence-corrected chi connectivity index (χ4v) is 3.72. The van der Waals surface area contributed by atoms with Gasteiger partial charge in [0.25, 0.3) is 0 Å². The SMILES string of the molecule is COc1ccc(N2CCN(CCC(=O)Nc3ccc4c(c3)oc(=O)n4C)CC2)cc1. The average Bonchev–Trinajstić information content (AvgIpc) is 3.05. The van der Waals surface area contributed by atoms with E-state index >= 15 is 0 Å². The Bertz CT molecular complexity index is 1080. The summed E-state index contributed by atoms with van der Waals surface area (Å²) in [7, 11) is 3.32. The van der Waals surface area contributed by atoms with Crippen molar-refractivity contribution < 1.29 is 13.9 Å². The zero-order chi connectivity index (χ0) is 21.1. The van der Waals surface area contributed by atoms with Crippen LogP contribution in [-0.2, 0) is 11.8 Å². The van der Waals surface area contributed by atoms with Crippen LogP contribution in [0.5, 0.6) is 5.75 Å². The molecule has 1 aliphatic rings. The largest absolute Gasteiger partial charge is 0.497 e. The van der Waals surface area contributed by atoms with Crippen LogP contribution < -0.4 is 20.7 Å². The number of ether oxygens (including phenoxy) is 1. The molecule has 30 heavy (non-hydrogen) atoms. The summed E-state index contributed by atoms with van der Waals surface area (Å²) in [6.07, 6.45) is 0.416. The molecule has 8 nitrogen and oxygen atoms in total. The number of nitrogens with zero attached hydrogens (tertiary/aromatic N) is 3. The van der Waals surface area contributed by atoms with E-state index in [2.05, 4.69) is 27.2 Å². The van der Waals surface area contributed by atoms with Gasteiger partial charge in [0.2, 0.25) is 5.91 Å². The summed E-state index contributed by atoms with van der Waals surface area (Å²) in [5.74, 6) is 0.393. The van der Waals surface area contributed by atoms with Crippen molar-refractivity contribution in [2.24, 2.45) is 7.05 Å². The first kappa shape index (κ1) is 20.0. The maximum absolute atomic E-state index is 12.4. The molecule has 0 unspecified atom stereocenters. The number of carbonyl (C=O) groups is 1. The Morgan fingerprint density at radius 3 is 2.53 bits per heavy atom. The summed E-state index contributed by atoms with van der Waals surface area (Å²) in [5, 5.41) is 2.89. The van der Waals surface area contributed by atoms with Crippen molar-refractivity contribution >= 4 is 28.4 Å². The summed E-state index contributed by atoms with van der Waals surface area (Å²) in [5.41, 5.74) is 2.99. The molecule has 3 aromatic rings. The van der Waals surface area contributed by atoms with Crippen molar-refractivity contribution in [1.82, 2.24) is 9.47 Å². The lowest BCUT2D eigenvalue weighted by Crippen LogP contribution is -2.47. The highest BCUT2D eigenvalue weighted by Crippen LogP contribution is 2.21. The van der Waals surface area contributed by atoms with Gasteiger partial charge in [-0.1, -0.05) is 0 Å². The van der Waals surface area contributed by atoms with Gasteiger partial charge in [0, 0.05) is 63.6 Å². The van der Waals surface area contributed by atoms with Crippen LogP contribution in [-0.4, -0.2) is 55.2 Å². The fraction of sp³-hybridized carbons (Fsp3) is 0.364. The third-order valence-electron chi connectivity index (χ3n) is 5.54. The first-order valence-corrected chi connectivity index (χ1v) is 10.0. The maximum atomic E-state index is 12.4. The van der Waals surface area contributed by atoms with Crippen LogP contribution in [0.1, 0.15) is 6.42 Å². The second-order valence-corrected chi connectivity index (χ2v) is 7.43. The Hall–Kier alpha value is -3.26. The van der Waals surface area contributed by atoms with Crippen molar-refractivity contribution in [2.75, 3.05) is 50.1 Å². The molecule has 158 valence electrons. The summed E-state index contributed by atoms with van der Waals surface area (Å²) in [6.45, 7) is 4.40. The number of piperazine rings is 1. The van der Waals surface area contributed by atoms with Crippen molar-refractivity contribution in [3.8, 4) is 5.75 Å². The van der Waals surface area contributed by atoms with Gasteiger partial charge in [-0.25, -0.2) is 4.79 Å². The van der Waals surface area contributed by atoms with E-state index in [0.29, 0.717) is 29.8 Å². The molecule has 0 aliphatic carbocycles. The topological polar surface area (TPSA) is 80.0 Å². The number of amides is 1. The summed E-state index contributed by atoms with van der Waals surface area (Å²) < 4.78 is 11.8. The standard InChI is InChI=1S/C22H26N4O4/c1-24-19-8-3-16(15-20(19)30-22(24)28)23-21(27)9-10-25-11-13-26(14-12-25)17-4-6-18(29-2)7-5-17/h3-8,15H,9-14H2,1-2H3,(H,23,27). The lowest BCUT2D eigenvalue weighted by atomic mass is 10.2. The number of oxazole rings is 1. The summed E-state index contributed by atoms with van der Waals surface area (Å²) >= 11 is 0. The van der Waals surface area contributed by atoms with Gasteiger partial charge in [0.05, 0.1) is 12.6 Å². The Balaban J connectivity index is 1.25. The number of fused-ring (bicyclic) bond motifs is 1. The predicted octanol–water partition coefficient (Wildman–Crippen LogP) is 2.29. The minimum atomic E-state index is -0.415. The number of anilines is 2. The normalized spacial score (nSPS) is 14.8. The Morgan fingerprint density at radius 1 is 1.10 bits per heavy atom. The third kappa shape index (κ3) is 4.33. The number of benzene rings is 2. The van der Waals surface area contributed by atoms with Gasteiger partial charge in [0.1, 0.15) is 5.75 Å². The molecule has 0 saturated carbocycles. The van der Waals surface area contributed by atoms with Crippen LogP contribution in [0.3, 0.4) is 0 Å². The molecule has 2 heterocycles. The molecule has 1 amide bonds. The van der Waals surface area contributed by atoms with Gasteiger partial charge < -0.3 is 19.4 Å². The first-order chi connectivity index (χ1) is 14.5. The first-order valence-electron chi connectivity index (χ1n) is 10.0. The van der Waals surface area contributed by atoms with Gasteiger partial charge in [-0.3, -0.25) is 14.3 Å². The Morgan fingerprint density at radius 2 is 1.83 bits per heavy atom.